The quantitative estimate of drug-likeness (QED) is 0.718. The Bertz CT molecular complexity index is 747. The third kappa shape index (κ3) is 6.07. The van der Waals surface area contributed by atoms with Crippen molar-refractivity contribution in [3.8, 4) is 0 Å². The van der Waals surface area contributed by atoms with E-state index in [1.165, 1.54) is 0 Å². The van der Waals surface area contributed by atoms with Crippen LogP contribution in [0.5, 0.6) is 0 Å². The van der Waals surface area contributed by atoms with Crippen LogP contribution in [0.3, 0.4) is 0 Å². The first-order valence-corrected chi connectivity index (χ1v) is 8.06. The van der Waals surface area contributed by atoms with Crippen molar-refractivity contribution in [1.29, 1.82) is 0 Å². The summed E-state index contributed by atoms with van der Waals surface area (Å²) in [7, 11) is 0. The van der Waals surface area contributed by atoms with Crippen LogP contribution in [-0.4, -0.2) is 12.5 Å². The van der Waals surface area contributed by atoms with Crippen molar-refractivity contribution < 1.29 is 18.0 Å². The molecule has 134 valence electrons. The van der Waals surface area contributed by atoms with Gasteiger partial charge in [-0.25, -0.2) is 0 Å². The van der Waals surface area contributed by atoms with Gasteiger partial charge in [-0.1, -0.05) is 41.4 Å². The summed E-state index contributed by atoms with van der Waals surface area (Å²) in [5, 5.41) is 5.61. The number of amides is 1. The molecule has 0 bridgehead atoms. The number of carbonyl (C=O) groups is 1. The molecule has 2 aromatic rings. The predicted octanol–water partition coefficient (Wildman–Crippen LogP) is 4.79. The highest BCUT2D eigenvalue weighted by Crippen LogP contribution is 2.33. The first-order chi connectivity index (χ1) is 11.8. The highest BCUT2D eigenvalue weighted by molar-refractivity contribution is 6.33. The first kappa shape index (κ1) is 19.3. The van der Waals surface area contributed by atoms with Crippen LogP contribution >= 0.6 is 11.6 Å². The van der Waals surface area contributed by atoms with E-state index in [9.17, 15) is 18.0 Å². The van der Waals surface area contributed by atoms with Crippen LogP contribution in [0.15, 0.2) is 42.5 Å². The molecule has 7 heteroatoms. The standard InChI is InChI=1S/C18H18ClF3N2O/c1-12-3-2-4-13(9-12)11-23-8-7-17(25)24-16-10-14(18(20,21)22)5-6-15(16)19/h2-6,9-10,23H,7-8,11H2,1H3,(H,24,25). The van der Waals surface area contributed by atoms with Crippen LogP contribution in [0.2, 0.25) is 5.02 Å². The van der Waals surface area contributed by atoms with E-state index in [4.69, 9.17) is 11.6 Å². The van der Waals surface area contributed by atoms with Crippen LogP contribution in [0, 0.1) is 6.92 Å². The molecule has 0 saturated heterocycles. The molecular formula is C18H18ClF3N2O. The van der Waals surface area contributed by atoms with Crippen molar-refractivity contribution in [1.82, 2.24) is 5.32 Å². The molecule has 0 heterocycles. The van der Waals surface area contributed by atoms with E-state index >= 15 is 0 Å². The zero-order chi connectivity index (χ0) is 18.4. The summed E-state index contributed by atoms with van der Waals surface area (Å²) in [6.07, 6.45) is -4.36. The third-order valence-corrected chi connectivity index (χ3v) is 3.84. The Balaban J connectivity index is 1.84. The maximum atomic E-state index is 12.7. The van der Waals surface area contributed by atoms with Gasteiger partial charge in [0.25, 0.3) is 0 Å². The molecule has 1 amide bonds. The number of carbonyl (C=O) groups excluding carboxylic acids is 1. The number of rotatable bonds is 6. The zero-order valence-corrected chi connectivity index (χ0v) is 14.3. The fourth-order valence-electron chi connectivity index (χ4n) is 2.27. The molecule has 0 aliphatic carbocycles. The maximum absolute atomic E-state index is 12.7. The zero-order valence-electron chi connectivity index (χ0n) is 13.6. The molecule has 0 saturated carbocycles. The summed E-state index contributed by atoms with van der Waals surface area (Å²) < 4.78 is 38.1. The van der Waals surface area contributed by atoms with Gasteiger partial charge < -0.3 is 10.6 Å². The Hall–Kier alpha value is -2.05. The predicted molar refractivity (Wildman–Crippen MR) is 92.6 cm³/mol. The van der Waals surface area contributed by atoms with E-state index in [0.717, 1.165) is 29.3 Å². The van der Waals surface area contributed by atoms with Crippen molar-refractivity contribution in [3.05, 3.63) is 64.2 Å². The topological polar surface area (TPSA) is 41.1 Å². The molecule has 0 aliphatic rings. The van der Waals surface area contributed by atoms with Gasteiger partial charge in [-0.15, -0.1) is 0 Å². The second-order valence-electron chi connectivity index (χ2n) is 5.66. The summed E-state index contributed by atoms with van der Waals surface area (Å²) in [5.74, 6) is -0.405. The van der Waals surface area contributed by atoms with E-state index in [1.807, 2.05) is 31.2 Å². The number of benzene rings is 2. The lowest BCUT2D eigenvalue weighted by Crippen LogP contribution is -2.21. The molecule has 0 aliphatic heterocycles. The van der Waals surface area contributed by atoms with Crippen LogP contribution < -0.4 is 10.6 Å². The Morgan fingerprint density at radius 3 is 2.60 bits per heavy atom. The fourth-order valence-corrected chi connectivity index (χ4v) is 2.43. The number of nitrogens with one attached hydrogen (secondary N) is 2. The second kappa shape index (κ2) is 8.36. The largest absolute Gasteiger partial charge is 0.416 e. The maximum Gasteiger partial charge on any atom is 0.416 e. The first-order valence-electron chi connectivity index (χ1n) is 7.68. The van der Waals surface area contributed by atoms with Gasteiger partial charge >= 0.3 is 6.18 Å². The summed E-state index contributed by atoms with van der Waals surface area (Å²) >= 11 is 5.85. The van der Waals surface area contributed by atoms with Crippen LogP contribution in [-0.2, 0) is 17.5 Å². The van der Waals surface area contributed by atoms with Gasteiger partial charge in [-0.2, -0.15) is 13.2 Å². The minimum Gasteiger partial charge on any atom is -0.325 e. The molecule has 0 spiro atoms. The number of anilines is 1. The minimum atomic E-state index is -4.49. The average Bonchev–Trinajstić information content (AvgIpc) is 2.53. The summed E-state index contributed by atoms with van der Waals surface area (Å²) in [5.41, 5.74) is 1.35. The highest BCUT2D eigenvalue weighted by Gasteiger charge is 2.31. The molecule has 2 aromatic carbocycles. The van der Waals surface area contributed by atoms with Crippen LogP contribution in [0.4, 0.5) is 18.9 Å². The number of hydrogen-bond acceptors (Lipinski definition) is 2. The second-order valence-corrected chi connectivity index (χ2v) is 6.06. The normalized spacial score (nSPS) is 11.4. The minimum absolute atomic E-state index is 0.0415. The van der Waals surface area contributed by atoms with Gasteiger partial charge in [-0.05, 0) is 30.7 Å². The molecule has 0 aromatic heterocycles. The van der Waals surface area contributed by atoms with E-state index < -0.39 is 17.6 Å². The third-order valence-electron chi connectivity index (χ3n) is 3.51. The Morgan fingerprint density at radius 1 is 1.16 bits per heavy atom. The van der Waals surface area contributed by atoms with Gasteiger partial charge in [0.15, 0.2) is 0 Å². The highest BCUT2D eigenvalue weighted by atomic mass is 35.5. The molecule has 2 rings (SSSR count). The van der Waals surface area contributed by atoms with Crippen LogP contribution in [0.1, 0.15) is 23.1 Å². The Kier molecular flexibility index (Phi) is 6.45. The lowest BCUT2D eigenvalue weighted by atomic mass is 10.1. The Morgan fingerprint density at radius 2 is 1.92 bits per heavy atom. The van der Waals surface area contributed by atoms with E-state index in [0.29, 0.717) is 13.1 Å². The summed E-state index contributed by atoms with van der Waals surface area (Å²) in [4.78, 5) is 11.9. The lowest BCUT2D eigenvalue weighted by molar-refractivity contribution is -0.137. The number of aryl methyl sites for hydroxylation is 1. The summed E-state index contributed by atoms with van der Waals surface area (Å²) in [6.45, 7) is 3.01. The molecule has 2 N–H and O–H groups in total. The average molecular weight is 371 g/mol. The monoisotopic (exact) mass is 370 g/mol. The van der Waals surface area contributed by atoms with Gasteiger partial charge in [0.2, 0.25) is 5.91 Å². The number of halogens is 4. The lowest BCUT2D eigenvalue weighted by Gasteiger charge is -2.12. The summed E-state index contributed by atoms with van der Waals surface area (Å²) in [6, 6.07) is 10.8. The SMILES string of the molecule is Cc1cccc(CNCCC(=O)Nc2cc(C(F)(F)F)ccc2Cl)c1. The van der Waals surface area contributed by atoms with Gasteiger partial charge in [0.1, 0.15) is 0 Å². The van der Waals surface area contributed by atoms with Gasteiger partial charge in [-0.3, -0.25) is 4.79 Å². The van der Waals surface area contributed by atoms with Crippen molar-refractivity contribution in [2.45, 2.75) is 26.1 Å². The molecule has 0 fully saturated rings. The van der Waals surface area contributed by atoms with Crippen LogP contribution in [0.25, 0.3) is 0 Å². The van der Waals surface area contributed by atoms with E-state index in [-0.39, 0.29) is 17.1 Å². The number of alkyl halides is 3. The molecule has 25 heavy (non-hydrogen) atoms. The van der Waals surface area contributed by atoms with Gasteiger partial charge in [0, 0.05) is 19.5 Å². The number of hydrogen-bond donors (Lipinski definition) is 2. The van der Waals surface area contributed by atoms with Crippen molar-refractivity contribution in [3.63, 3.8) is 0 Å². The Labute approximate surface area is 149 Å². The smallest absolute Gasteiger partial charge is 0.325 e. The van der Waals surface area contributed by atoms with Crippen molar-refractivity contribution in [2.24, 2.45) is 0 Å². The van der Waals surface area contributed by atoms with Crippen molar-refractivity contribution in [2.75, 3.05) is 11.9 Å². The molecule has 0 unspecified atom stereocenters. The van der Waals surface area contributed by atoms with Gasteiger partial charge in [0.05, 0.1) is 16.3 Å². The molecule has 0 radical (unpaired) electrons. The molecular weight excluding hydrogens is 353 g/mol. The molecule has 3 nitrogen and oxygen atoms in total. The fraction of sp³-hybridized carbons (Fsp3) is 0.278. The molecule has 0 atom stereocenters. The van der Waals surface area contributed by atoms with Crippen molar-refractivity contribution >= 4 is 23.2 Å². The van der Waals surface area contributed by atoms with E-state index in [1.54, 1.807) is 0 Å². The van der Waals surface area contributed by atoms with E-state index in [2.05, 4.69) is 10.6 Å².